The Hall–Kier alpha value is -2.00. The van der Waals surface area contributed by atoms with E-state index >= 15 is 0 Å². The number of alkyl halides is 1. The van der Waals surface area contributed by atoms with Gasteiger partial charge in [-0.15, -0.1) is 11.6 Å². The van der Waals surface area contributed by atoms with E-state index in [4.69, 9.17) is 11.6 Å². The normalized spacial score (nSPS) is 12.9. The molecule has 0 fully saturated rings. The first kappa shape index (κ1) is 15.9. The fraction of sp³-hybridized carbons (Fsp3) is 0.316. The van der Waals surface area contributed by atoms with Gasteiger partial charge in [-0.3, -0.25) is 9.13 Å². The standard InChI is InChI=1S/C19H21ClN2O/c1-14(2)21-17-10-6-7-11-18(17)22(19(21)23)16(12-13-20)15-8-4-3-5-9-15/h3-11,14,16H,12-13H2,1-2H3/t16-/m0/s1. The van der Waals surface area contributed by atoms with E-state index < -0.39 is 0 Å². The molecule has 3 nitrogen and oxygen atoms in total. The van der Waals surface area contributed by atoms with Gasteiger partial charge in [0.05, 0.1) is 17.1 Å². The second-order valence-corrected chi connectivity index (χ2v) is 6.39. The summed E-state index contributed by atoms with van der Waals surface area (Å²) in [5, 5.41) is 0. The van der Waals surface area contributed by atoms with Crippen LogP contribution in [0.1, 0.15) is 37.9 Å². The van der Waals surface area contributed by atoms with Gasteiger partial charge in [0.15, 0.2) is 0 Å². The molecule has 120 valence electrons. The van der Waals surface area contributed by atoms with Crippen molar-refractivity contribution in [3.8, 4) is 0 Å². The molecule has 0 unspecified atom stereocenters. The zero-order valence-electron chi connectivity index (χ0n) is 13.4. The predicted molar refractivity (Wildman–Crippen MR) is 96.5 cm³/mol. The van der Waals surface area contributed by atoms with Crippen LogP contribution in [0.4, 0.5) is 0 Å². The van der Waals surface area contributed by atoms with Crippen LogP contribution in [0.3, 0.4) is 0 Å². The van der Waals surface area contributed by atoms with Gasteiger partial charge in [-0.1, -0.05) is 42.5 Å². The molecule has 0 N–H and O–H groups in total. The van der Waals surface area contributed by atoms with Gasteiger partial charge in [0.25, 0.3) is 0 Å². The van der Waals surface area contributed by atoms with E-state index in [0.717, 1.165) is 23.0 Å². The lowest BCUT2D eigenvalue weighted by Crippen LogP contribution is -2.29. The predicted octanol–water partition coefficient (Wildman–Crippen LogP) is 4.60. The van der Waals surface area contributed by atoms with E-state index in [2.05, 4.69) is 12.1 Å². The SMILES string of the molecule is CC(C)n1c(=O)n([C@@H](CCCl)c2ccccc2)c2ccccc21. The molecular weight excluding hydrogens is 308 g/mol. The number of nitrogens with zero attached hydrogens (tertiary/aromatic N) is 2. The quantitative estimate of drug-likeness (QED) is 0.629. The second-order valence-electron chi connectivity index (χ2n) is 6.01. The number of rotatable bonds is 5. The molecular formula is C19H21ClN2O. The maximum Gasteiger partial charge on any atom is 0.329 e. The summed E-state index contributed by atoms with van der Waals surface area (Å²) in [7, 11) is 0. The minimum atomic E-state index is -0.0499. The average Bonchev–Trinajstić information content (AvgIpc) is 2.85. The fourth-order valence-electron chi connectivity index (χ4n) is 3.22. The van der Waals surface area contributed by atoms with Gasteiger partial charge in [-0.25, -0.2) is 4.79 Å². The third kappa shape index (κ3) is 2.81. The van der Waals surface area contributed by atoms with E-state index in [9.17, 15) is 4.79 Å². The maximum atomic E-state index is 13.1. The van der Waals surface area contributed by atoms with Crippen molar-refractivity contribution >= 4 is 22.6 Å². The van der Waals surface area contributed by atoms with Crippen molar-refractivity contribution in [1.29, 1.82) is 0 Å². The first-order valence-corrected chi connectivity index (χ1v) is 8.51. The summed E-state index contributed by atoms with van der Waals surface area (Å²) in [6, 6.07) is 18.2. The van der Waals surface area contributed by atoms with Gasteiger partial charge in [-0.2, -0.15) is 0 Å². The monoisotopic (exact) mass is 328 g/mol. The first-order chi connectivity index (χ1) is 11.1. The molecule has 1 atom stereocenters. The number of imidazole rings is 1. The molecule has 0 amide bonds. The Balaban J connectivity index is 2.29. The number of hydrogen-bond donors (Lipinski definition) is 0. The number of fused-ring (bicyclic) bond motifs is 1. The highest BCUT2D eigenvalue weighted by atomic mass is 35.5. The van der Waals surface area contributed by atoms with Crippen LogP contribution in [0.2, 0.25) is 0 Å². The Kier molecular flexibility index (Phi) is 4.58. The number of benzene rings is 2. The van der Waals surface area contributed by atoms with Crippen LogP contribution < -0.4 is 5.69 Å². The molecule has 0 radical (unpaired) electrons. The molecule has 2 aromatic carbocycles. The van der Waals surface area contributed by atoms with Crippen molar-refractivity contribution in [2.24, 2.45) is 0 Å². The smallest absolute Gasteiger partial charge is 0.289 e. The zero-order chi connectivity index (χ0) is 16.4. The molecule has 0 bridgehead atoms. The summed E-state index contributed by atoms with van der Waals surface area (Å²) in [5.74, 6) is 0.507. The second kappa shape index (κ2) is 6.63. The third-order valence-corrected chi connectivity index (χ3v) is 4.43. The molecule has 3 rings (SSSR count). The summed E-state index contributed by atoms with van der Waals surface area (Å²) in [4.78, 5) is 13.1. The lowest BCUT2D eigenvalue weighted by molar-refractivity contribution is 0.520. The average molecular weight is 329 g/mol. The van der Waals surface area contributed by atoms with Crippen LogP contribution >= 0.6 is 11.6 Å². The molecule has 1 heterocycles. The summed E-state index contributed by atoms with van der Waals surface area (Å²) in [5.41, 5.74) is 3.08. The minimum Gasteiger partial charge on any atom is -0.289 e. The van der Waals surface area contributed by atoms with Crippen LogP contribution in [-0.4, -0.2) is 15.0 Å². The summed E-state index contributed by atoms with van der Waals surface area (Å²) in [6.07, 6.45) is 0.720. The highest BCUT2D eigenvalue weighted by Gasteiger charge is 2.22. The van der Waals surface area contributed by atoms with Gasteiger partial charge >= 0.3 is 5.69 Å². The van der Waals surface area contributed by atoms with E-state index in [0.29, 0.717) is 5.88 Å². The third-order valence-electron chi connectivity index (χ3n) is 4.21. The first-order valence-electron chi connectivity index (χ1n) is 7.97. The molecule has 0 aliphatic rings. The Bertz CT molecular complexity index is 849. The number of halogens is 1. The van der Waals surface area contributed by atoms with Crippen LogP contribution in [0.5, 0.6) is 0 Å². The van der Waals surface area contributed by atoms with Gasteiger partial charge in [0.1, 0.15) is 0 Å². The highest BCUT2D eigenvalue weighted by molar-refractivity contribution is 6.17. The highest BCUT2D eigenvalue weighted by Crippen LogP contribution is 2.27. The van der Waals surface area contributed by atoms with Crippen LogP contribution in [-0.2, 0) is 0 Å². The van der Waals surface area contributed by atoms with E-state index in [1.165, 1.54) is 0 Å². The molecule has 0 aliphatic carbocycles. The number of hydrogen-bond acceptors (Lipinski definition) is 1. The van der Waals surface area contributed by atoms with Crippen LogP contribution in [0.25, 0.3) is 11.0 Å². The van der Waals surface area contributed by atoms with Gasteiger partial charge in [0, 0.05) is 11.9 Å². The fourth-order valence-corrected chi connectivity index (χ4v) is 3.42. The van der Waals surface area contributed by atoms with Crippen molar-refractivity contribution in [3.05, 3.63) is 70.6 Å². The molecule has 0 aliphatic heterocycles. The Labute approximate surface area is 141 Å². The molecule has 23 heavy (non-hydrogen) atoms. The topological polar surface area (TPSA) is 26.9 Å². The van der Waals surface area contributed by atoms with Crippen molar-refractivity contribution in [3.63, 3.8) is 0 Å². The summed E-state index contributed by atoms with van der Waals surface area (Å²) in [6.45, 7) is 4.08. The van der Waals surface area contributed by atoms with E-state index in [-0.39, 0.29) is 17.8 Å². The number of para-hydroxylation sites is 2. The van der Waals surface area contributed by atoms with Gasteiger partial charge in [-0.05, 0) is 38.0 Å². The molecule has 0 saturated heterocycles. The van der Waals surface area contributed by atoms with Gasteiger partial charge < -0.3 is 0 Å². The molecule has 1 aromatic heterocycles. The Morgan fingerprint density at radius 1 is 0.913 bits per heavy atom. The molecule has 4 heteroatoms. The van der Waals surface area contributed by atoms with Crippen LogP contribution in [0.15, 0.2) is 59.4 Å². The Morgan fingerprint density at radius 3 is 2.04 bits per heavy atom. The van der Waals surface area contributed by atoms with Crippen molar-refractivity contribution in [2.75, 3.05) is 5.88 Å². The molecule has 0 saturated carbocycles. The molecule has 3 aromatic rings. The summed E-state index contributed by atoms with van der Waals surface area (Å²) < 4.78 is 3.76. The Morgan fingerprint density at radius 2 is 1.48 bits per heavy atom. The minimum absolute atomic E-state index is 0.0279. The van der Waals surface area contributed by atoms with Crippen molar-refractivity contribution in [1.82, 2.24) is 9.13 Å². The van der Waals surface area contributed by atoms with E-state index in [1.54, 1.807) is 0 Å². The van der Waals surface area contributed by atoms with Crippen molar-refractivity contribution in [2.45, 2.75) is 32.4 Å². The number of aromatic nitrogens is 2. The lowest BCUT2D eigenvalue weighted by atomic mass is 10.0. The van der Waals surface area contributed by atoms with Crippen LogP contribution in [0, 0.1) is 0 Å². The molecule has 0 spiro atoms. The summed E-state index contributed by atoms with van der Waals surface area (Å²) >= 11 is 6.05. The lowest BCUT2D eigenvalue weighted by Gasteiger charge is -2.18. The van der Waals surface area contributed by atoms with Gasteiger partial charge in [0.2, 0.25) is 0 Å². The maximum absolute atomic E-state index is 13.1. The largest absolute Gasteiger partial charge is 0.329 e. The zero-order valence-corrected chi connectivity index (χ0v) is 14.2. The van der Waals surface area contributed by atoms with E-state index in [1.807, 2.05) is 65.4 Å². The van der Waals surface area contributed by atoms with Crippen molar-refractivity contribution < 1.29 is 0 Å².